The number of aromatic nitrogens is 1. The highest BCUT2D eigenvalue weighted by molar-refractivity contribution is 6.21. The smallest absolute Gasteiger partial charge is 0.260 e. The Balaban J connectivity index is 1.33. The molecule has 0 aromatic carbocycles. The summed E-state index contributed by atoms with van der Waals surface area (Å²) in [5.74, 6) is 0.653. The zero-order chi connectivity index (χ0) is 21.1. The number of anilines is 1. The maximum absolute atomic E-state index is 12.8. The van der Waals surface area contributed by atoms with Crippen LogP contribution in [0.5, 0.6) is 0 Å². The van der Waals surface area contributed by atoms with Crippen LogP contribution in [0.4, 0.5) is 5.82 Å². The van der Waals surface area contributed by atoms with Crippen molar-refractivity contribution < 1.29 is 9.59 Å². The zero-order valence-electron chi connectivity index (χ0n) is 16.7. The summed E-state index contributed by atoms with van der Waals surface area (Å²) in [6.45, 7) is 3.96. The third-order valence-corrected chi connectivity index (χ3v) is 5.48. The zero-order valence-corrected chi connectivity index (χ0v) is 16.7. The van der Waals surface area contributed by atoms with Crippen molar-refractivity contribution in [3.63, 3.8) is 0 Å². The number of aliphatic imine (C=N–C) groups is 2. The molecule has 0 saturated carbocycles. The fraction of sp³-hybridized carbons (Fsp3) is 0.364. The lowest BCUT2D eigenvalue weighted by atomic mass is 9.96. The molecule has 0 N–H and O–H groups in total. The molecule has 1 aromatic heterocycles. The van der Waals surface area contributed by atoms with Crippen LogP contribution in [0.15, 0.2) is 52.6 Å². The van der Waals surface area contributed by atoms with Gasteiger partial charge in [0.15, 0.2) is 0 Å². The summed E-state index contributed by atoms with van der Waals surface area (Å²) in [5.41, 5.74) is 1.22. The number of amides is 2. The maximum atomic E-state index is 12.8. The average molecular weight is 402 g/mol. The molecular formula is C22H22N6O2. The largest absolute Gasteiger partial charge is 0.353 e. The van der Waals surface area contributed by atoms with Gasteiger partial charge in [0.05, 0.1) is 11.3 Å². The Bertz CT molecular complexity index is 1020. The second kappa shape index (κ2) is 8.41. The van der Waals surface area contributed by atoms with E-state index in [4.69, 9.17) is 5.26 Å². The lowest BCUT2D eigenvalue weighted by molar-refractivity contribution is -0.133. The highest BCUT2D eigenvalue weighted by atomic mass is 16.2. The summed E-state index contributed by atoms with van der Waals surface area (Å²) in [6, 6.07) is 5.68. The first-order chi connectivity index (χ1) is 14.5. The summed E-state index contributed by atoms with van der Waals surface area (Å²) in [6.07, 6.45) is 9.46. The Morgan fingerprint density at radius 1 is 1.27 bits per heavy atom. The van der Waals surface area contributed by atoms with Crippen molar-refractivity contribution in [2.45, 2.75) is 25.8 Å². The number of carbonyl (C=O) groups excluding carboxylic acids is 2. The monoisotopic (exact) mass is 402 g/mol. The second-order valence-electron chi connectivity index (χ2n) is 7.52. The number of amidine groups is 1. The normalized spacial score (nSPS) is 22.9. The fourth-order valence-corrected chi connectivity index (χ4v) is 3.87. The minimum Gasteiger partial charge on any atom is -0.353 e. The number of fused-ring (bicyclic) bond motifs is 1. The third kappa shape index (κ3) is 4.06. The molecule has 3 aliphatic rings. The molecule has 2 aliphatic heterocycles. The van der Waals surface area contributed by atoms with Gasteiger partial charge in [-0.15, -0.1) is 0 Å². The van der Waals surface area contributed by atoms with Crippen LogP contribution in [-0.2, 0) is 9.59 Å². The number of hydrogen-bond donors (Lipinski definition) is 0. The third-order valence-electron chi connectivity index (χ3n) is 5.48. The molecule has 0 spiro atoms. The molecule has 30 heavy (non-hydrogen) atoms. The Kier molecular flexibility index (Phi) is 5.53. The van der Waals surface area contributed by atoms with Gasteiger partial charge in [0.25, 0.3) is 5.91 Å². The van der Waals surface area contributed by atoms with E-state index in [0.717, 1.165) is 5.82 Å². The van der Waals surface area contributed by atoms with Gasteiger partial charge in [-0.25, -0.2) is 9.98 Å². The number of nitrogens with zero attached hydrogens (tertiary/aromatic N) is 6. The van der Waals surface area contributed by atoms with Crippen molar-refractivity contribution in [2.75, 3.05) is 24.5 Å². The highest BCUT2D eigenvalue weighted by Crippen LogP contribution is 2.20. The molecule has 0 bridgehead atoms. The van der Waals surface area contributed by atoms with Gasteiger partial charge in [-0.3, -0.25) is 9.59 Å². The molecule has 1 unspecified atom stereocenters. The Morgan fingerprint density at radius 2 is 2.13 bits per heavy atom. The van der Waals surface area contributed by atoms with Crippen molar-refractivity contribution in [2.24, 2.45) is 15.9 Å². The molecule has 1 fully saturated rings. The Labute approximate surface area is 174 Å². The number of rotatable bonds is 4. The summed E-state index contributed by atoms with van der Waals surface area (Å²) in [7, 11) is 0. The number of piperazine rings is 1. The standard InChI is InChI=1S/C22H22N6O2/c1-15-14-27(20-8-6-16(12-23)13-24-20)10-11-28(15)21(29)9-7-19-25-18-5-3-2-4-17(18)22(30)26-19/h2-6,8,13,15,17H,7,9-11,14H2,1H3/t15-,17?/m0/s1. The first kappa shape index (κ1) is 19.7. The second-order valence-corrected chi connectivity index (χ2v) is 7.52. The Hall–Kier alpha value is -3.60. The first-order valence-corrected chi connectivity index (χ1v) is 10.0. The molecule has 152 valence electrons. The van der Waals surface area contributed by atoms with E-state index in [1.165, 1.54) is 0 Å². The van der Waals surface area contributed by atoms with Crippen molar-refractivity contribution in [1.82, 2.24) is 9.88 Å². The van der Waals surface area contributed by atoms with E-state index < -0.39 is 5.92 Å². The van der Waals surface area contributed by atoms with Crippen LogP contribution in [0, 0.1) is 17.2 Å². The van der Waals surface area contributed by atoms with Crippen LogP contribution in [0.25, 0.3) is 0 Å². The predicted octanol–water partition coefficient (Wildman–Crippen LogP) is 1.89. The number of allylic oxidation sites excluding steroid dienone is 3. The summed E-state index contributed by atoms with van der Waals surface area (Å²) in [5, 5.41) is 8.90. The summed E-state index contributed by atoms with van der Waals surface area (Å²) >= 11 is 0. The number of nitriles is 1. The van der Waals surface area contributed by atoms with Crippen LogP contribution in [0.3, 0.4) is 0 Å². The van der Waals surface area contributed by atoms with E-state index in [2.05, 4.69) is 25.9 Å². The van der Waals surface area contributed by atoms with Gasteiger partial charge in [0.2, 0.25) is 5.91 Å². The molecule has 0 radical (unpaired) electrons. The van der Waals surface area contributed by atoms with Crippen molar-refractivity contribution in [3.8, 4) is 6.07 Å². The van der Waals surface area contributed by atoms with Gasteiger partial charge in [0, 0.05) is 44.7 Å². The minimum atomic E-state index is -0.390. The SMILES string of the molecule is C[C@H]1CN(c2ccc(C#N)cn2)CCN1C(=O)CCC1=NC(=O)C2C=CC=CC2=N1. The quantitative estimate of drug-likeness (QED) is 0.765. The molecule has 1 aliphatic carbocycles. The van der Waals surface area contributed by atoms with Crippen LogP contribution in [0.2, 0.25) is 0 Å². The molecule has 4 rings (SSSR count). The van der Waals surface area contributed by atoms with Crippen molar-refractivity contribution >= 4 is 29.2 Å². The van der Waals surface area contributed by atoms with Gasteiger partial charge in [-0.2, -0.15) is 10.3 Å². The minimum absolute atomic E-state index is 0.0285. The van der Waals surface area contributed by atoms with Gasteiger partial charge in [0.1, 0.15) is 23.6 Å². The lowest BCUT2D eigenvalue weighted by Gasteiger charge is -2.40. The van der Waals surface area contributed by atoms with E-state index in [1.54, 1.807) is 18.3 Å². The van der Waals surface area contributed by atoms with E-state index in [-0.39, 0.29) is 24.3 Å². The van der Waals surface area contributed by atoms with Crippen LogP contribution < -0.4 is 4.90 Å². The maximum Gasteiger partial charge on any atom is 0.260 e. The van der Waals surface area contributed by atoms with Gasteiger partial charge in [-0.05, 0) is 25.1 Å². The van der Waals surface area contributed by atoms with Gasteiger partial charge >= 0.3 is 0 Å². The number of hydrogen-bond acceptors (Lipinski definition) is 6. The van der Waals surface area contributed by atoms with Crippen LogP contribution in [0.1, 0.15) is 25.3 Å². The molecule has 2 atom stereocenters. The molecule has 8 nitrogen and oxygen atoms in total. The fourth-order valence-electron chi connectivity index (χ4n) is 3.87. The summed E-state index contributed by atoms with van der Waals surface area (Å²) < 4.78 is 0. The van der Waals surface area contributed by atoms with Crippen molar-refractivity contribution in [3.05, 3.63) is 48.2 Å². The van der Waals surface area contributed by atoms with Crippen molar-refractivity contribution in [1.29, 1.82) is 5.26 Å². The topological polar surface area (TPSA) is 102 Å². The molecule has 1 aromatic rings. The number of pyridine rings is 1. The summed E-state index contributed by atoms with van der Waals surface area (Å²) in [4.78, 5) is 41.8. The van der Waals surface area contributed by atoms with E-state index >= 15 is 0 Å². The Morgan fingerprint density at radius 3 is 2.87 bits per heavy atom. The molecule has 1 saturated heterocycles. The number of carbonyl (C=O) groups is 2. The molecule has 3 heterocycles. The molecular weight excluding hydrogens is 380 g/mol. The van der Waals surface area contributed by atoms with Crippen LogP contribution >= 0.6 is 0 Å². The first-order valence-electron chi connectivity index (χ1n) is 10.0. The van der Waals surface area contributed by atoms with Gasteiger partial charge in [-0.1, -0.05) is 18.2 Å². The molecule has 2 amide bonds. The van der Waals surface area contributed by atoms with E-state index in [0.29, 0.717) is 43.2 Å². The average Bonchev–Trinajstić information content (AvgIpc) is 2.77. The van der Waals surface area contributed by atoms with E-state index in [9.17, 15) is 9.59 Å². The molecule has 8 heteroatoms. The highest BCUT2D eigenvalue weighted by Gasteiger charge is 2.29. The lowest BCUT2D eigenvalue weighted by Crippen LogP contribution is -2.54. The van der Waals surface area contributed by atoms with E-state index in [1.807, 2.05) is 36.1 Å². The predicted molar refractivity (Wildman–Crippen MR) is 113 cm³/mol. The van der Waals surface area contributed by atoms with Crippen LogP contribution in [-0.4, -0.2) is 58.9 Å². The van der Waals surface area contributed by atoms with Gasteiger partial charge < -0.3 is 9.80 Å².